The third kappa shape index (κ3) is 7.10. The zero-order chi connectivity index (χ0) is 24.8. The van der Waals surface area contributed by atoms with E-state index in [1.807, 2.05) is 37.2 Å². The van der Waals surface area contributed by atoms with Gasteiger partial charge < -0.3 is 15.0 Å². The molecule has 176 valence electrons. The molecule has 0 saturated heterocycles. The predicted molar refractivity (Wildman–Crippen MR) is 115 cm³/mol. The molecule has 0 saturated carbocycles. The Morgan fingerprint density at radius 1 is 1.12 bits per heavy atom. The van der Waals surface area contributed by atoms with Crippen molar-refractivity contribution < 1.29 is 27.9 Å². The Labute approximate surface area is 186 Å². The number of anilines is 1. The van der Waals surface area contributed by atoms with Crippen LogP contribution >= 0.6 is 0 Å². The maximum absolute atomic E-state index is 13.1. The Hall–Kier alpha value is -3.80. The number of hydrogen-bond donors (Lipinski definition) is 2. The molecule has 0 radical (unpaired) electrons. The highest BCUT2D eigenvalue weighted by Gasteiger charge is 2.38. The van der Waals surface area contributed by atoms with Crippen molar-refractivity contribution in [1.29, 1.82) is 0 Å². The lowest BCUT2D eigenvalue weighted by Gasteiger charge is -2.23. The molecule has 9 nitrogen and oxygen atoms in total. The number of carboxylic acids is 1. The molecule has 1 aromatic carbocycles. The number of aromatic nitrogens is 3. The number of halogens is 3. The molecule has 0 aliphatic rings. The number of carbonyl (C=O) groups is 2. The summed E-state index contributed by atoms with van der Waals surface area (Å²) in [5, 5.41) is 7.59. The summed E-state index contributed by atoms with van der Waals surface area (Å²) >= 11 is 0. The van der Waals surface area contributed by atoms with Crippen LogP contribution in [0.2, 0.25) is 0 Å². The van der Waals surface area contributed by atoms with Crippen molar-refractivity contribution in [3.8, 4) is 0 Å². The van der Waals surface area contributed by atoms with Gasteiger partial charge in [0.1, 0.15) is 11.6 Å². The number of nitrogens with one attached hydrogen (secondary N) is 1. The van der Waals surface area contributed by atoms with Crippen molar-refractivity contribution >= 4 is 28.6 Å². The largest absolute Gasteiger partial charge is 0.490 e. The van der Waals surface area contributed by atoms with Crippen molar-refractivity contribution in [2.24, 2.45) is 0 Å². The first kappa shape index (κ1) is 25.5. The van der Waals surface area contributed by atoms with Gasteiger partial charge in [-0.15, -0.1) is 0 Å². The number of aryl methyl sites for hydroxylation is 1. The number of H-pyrrole nitrogens is 1. The second-order valence-electron chi connectivity index (χ2n) is 7.13. The van der Waals surface area contributed by atoms with Crippen LogP contribution in [0.3, 0.4) is 0 Å². The number of rotatable bonds is 5. The molecule has 2 heterocycles. The van der Waals surface area contributed by atoms with Gasteiger partial charge in [0.2, 0.25) is 0 Å². The number of carbonyl (C=O) groups excluding carboxylic acids is 1. The van der Waals surface area contributed by atoms with Crippen LogP contribution in [0, 0.1) is 6.92 Å². The van der Waals surface area contributed by atoms with E-state index < -0.39 is 12.1 Å². The van der Waals surface area contributed by atoms with Crippen molar-refractivity contribution in [2.45, 2.75) is 13.1 Å². The number of fused-ring (bicyclic) bond motifs is 1. The first-order chi connectivity index (χ1) is 15.4. The van der Waals surface area contributed by atoms with Crippen LogP contribution in [0.15, 0.2) is 47.4 Å². The summed E-state index contributed by atoms with van der Waals surface area (Å²) in [5.74, 6) is -1.82. The Kier molecular flexibility index (Phi) is 8.24. The number of benzene rings is 1. The SMILES string of the molecule is Cc1nc2cc(C(=O)N(CCN(C)C)c3ccccn3)ccc2c(=O)[nH]1.O=C(O)C(F)(F)F. The van der Waals surface area contributed by atoms with E-state index in [-0.39, 0.29) is 11.5 Å². The number of alkyl halides is 3. The molecule has 0 aliphatic carbocycles. The smallest absolute Gasteiger partial charge is 0.475 e. The van der Waals surface area contributed by atoms with Crippen LogP contribution in [0.25, 0.3) is 10.9 Å². The summed E-state index contributed by atoms with van der Waals surface area (Å²) in [5.41, 5.74) is 0.769. The maximum Gasteiger partial charge on any atom is 0.490 e. The molecule has 3 aromatic rings. The van der Waals surface area contributed by atoms with E-state index in [0.29, 0.717) is 41.2 Å². The maximum atomic E-state index is 13.1. The van der Waals surface area contributed by atoms with Gasteiger partial charge in [-0.1, -0.05) is 6.07 Å². The first-order valence-corrected chi connectivity index (χ1v) is 9.58. The first-order valence-electron chi connectivity index (χ1n) is 9.58. The van der Waals surface area contributed by atoms with Gasteiger partial charge in [-0.2, -0.15) is 13.2 Å². The molecular formula is C21H22F3N5O4. The fourth-order valence-electron chi connectivity index (χ4n) is 2.68. The molecule has 0 fully saturated rings. The number of aliphatic carboxylic acids is 1. The normalized spacial score (nSPS) is 11.1. The summed E-state index contributed by atoms with van der Waals surface area (Å²) in [6.07, 6.45) is -3.42. The molecule has 2 N–H and O–H groups in total. The molecule has 0 atom stereocenters. The van der Waals surface area contributed by atoms with Crippen molar-refractivity contribution in [3.63, 3.8) is 0 Å². The van der Waals surface area contributed by atoms with Gasteiger partial charge in [-0.3, -0.25) is 14.5 Å². The van der Waals surface area contributed by atoms with Crippen LogP contribution in [0.4, 0.5) is 19.0 Å². The summed E-state index contributed by atoms with van der Waals surface area (Å²) in [7, 11) is 3.91. The molecule has 33 heavy (non-hydrogen) atoms. The van der Waals surface area contributed by atoms with Crippen molar-refractivity contribution in [1.82, 2.24) is 19.9 Å². The molecule has 1 amide bonds. The van der Waals surface area contributed by atoms with Gasteiger partial charge >= 0.3 is 12.1 Å². The minimum absolute atomic E-state index is 0.174. The number of amides is 1. The molecule has 2 aromatic heterocycles. The average molecular weight is 465 g/mol. The minimum Gasteiger partial charge on any atom is -0.475 e. The van der Waals surface area contributed by atoms with E-state index in [0.717, 1.165) is 0 Å². The van der Waals surface area contributed by atoms with Crippen LogP contribution < -0.4 is 10.5 Å². The Bertz CT molecular complexity index is 1180. The van der Waals surface area contributed by atoms with E-state index in [2.05, 4.69) is 15.0 Å². The van der Waals surface area contributed by atoms with Gasteiger partial charge in [0, 0.05) is 24.8 Å². The van der Waals surface area contributed by atoms with Gasteiger partial charge in [-0.05, 0) is 51.4 Å². The minimum atomic E-state index is -5.08. The van der Waals surface area contributed by atoms with Gasteiger partial charge in [0.15, 0.2) is 0 Å². The van der Waals surface area contributed by atoms with E-state index in [9.17, 15) is 22.8 Å². The monoisotopic (exact) mass is 465 g/mol. The average Bonchev–Trinajstić information content (AvgIpc) is 2.73. The standard InChI is InChI=1S/C19H21N5O2.C2HF3O2/c1-13-21-16-12-14(7-8-15(16)18(25)22-13)19(26)24(11-10-23(2)3)17-6-4-5-9-20-17;3-2(4,5)1(6)7/h4-9,12H,10-11H2,1-3H3,(H,21,22,25);(H,6,7). The second-order valence-corrected chi connectivity index (χ2v) is 7.13. The zero-order valence-corrected chi connectivity index (χ0v) is 18.1. The molecule has 0 aliphatic heterocycles. The Morgan fingerprint density at radius 3 is 2.33 bits per heavy atom. The molecular weight excluding hydrogens is 443 g/mol. The number of aromatic amines is 1. The van der Waals surface area contributed by atoms with E-state index >= 15 is 0 Å². The van der Waals surface area contributed by atoms with E-state index in [1.54, 1.807) is 36.2 Å². The summed E-state index contributed by atoms with van der Waals surface area (Å²) in [4.78, 5) is 49.0. The molecule has 12 heteroatoms. The third-order valence-corrected chi connectivity index (χ3v) is 4.26. The molecule has 0 bridgehead atoms. The summed E-state index contributed by atoms with van der Waals surface area (Å²) in [6, 6.07) is 10.4. The number of likely N-dealkylation sites (N-methyl/N-ethyl adjacent to an activating group) is 1. The molecule has 3 rings (SSSR count). The Morgan fingerprint density at radius 2 is 1.79 bits per heavy atom. The topological polar surface area (TPSA) is 119 Å². The summed E-state index contributed by atoms with van der Waals surface area (Å²) < 4.78 is 31.7. The lowest BCUT2D eigenvalue weighted by atomic mass is 10.1. The van der Waals surface area contributed by atoms with Crippen LogP contribution in [0.1, 0.15) is 16.2 Å². The highest BCUT2D eigenvalue weighted by atomic mass is 19.4. The quantitative estimate of drug-likeness (QED) is 0.594. The fourth-order valence-corrected chi connectivity index (χ4v) is 2.68. The van der Waals surface area contributed by atoms with Crippen LogP contribution in [-0.4, -0.2) is 70.2 Å². The third-order valence-electron chi connectivity index (χ3n) is 4.26. The zero-order valence-electron chi connectivity index (χ0n) is 18.1. The number of pyridine rings is 1. The van der Waals surface area contributed by atoms with Gasteiger partial charge in [-0.25, -0.2) is 14.8 Å². The number of carboxylic acid groups (broad SMARTS) is 1. The highest BCUT2D eigenvalue weighted by molar-refractivity contribution is 6.07. The van der Waals surface area contributed by atoms with Crippen LogP contribution in [-0.2, 0) is 4.79 Å². The fraction of sp³-hybridized carbons (Fsp3) is 0.286. The molecule has 0 spiro atoms. The lowest BCUT2D eigenvalue weighted by Crippen LogP contribution is -2.37. The van der Waals surface area contributed by atoms with Gasteiger partial charge in [0.25, 0.3) is 11.5 Å². The number of hydrogen-bond acceptors (Lipinski definition) is 6. The van der Waals surface area contributed by atoms with Crippen molar-refractivity contribution in [2.75, 3.05) is 32.1 Å². The van der Waals surface area contributed by atoms with Crippen molar-refractivity contribution in [3.05, 3.63) is 64.3 Å². The molecule has 0 unspecified atom stereocenters. The Balaban J connectivity index is 0.000000479. The lowest BCUT2D eigenvalue weighted by molar-refractivity contribution is -0.192. The van der Waals surface area contributed by atoms with Crippen LogP contribution in [0.5, 0.6) is 0 Å². The van der Waals surface area contributed by atoms with E-state index in [1.165, 1.54) is 0 Å². The summed E-state index contributed by atoms with van der Waals surface area (Å²) in [6.45, 7) is 2.92. The predicted octanol–water partition coefficient (Wildman–Crippen LogP) is 2.47. The van der Waals surface area contributed by atoms with Gasteiger partial charge in [0.05, 0.1) is 10.9 Å². The van der Waals surface area contributed by atoms with E-state index in [4.69, 9.17) is 9.90 Å². The highest BCUT2D eigenvalue weighted by Crippen LogP contribution is 2.17. The second kappa shape index (κ2) is 10.7. The number of nitrogens with zero attached hydrogens (tertiary/aromatic N) is 4.